The van der Waals surface area contributed by atoms with Crippen LogP contribution < -0.4 is 5.63 Å². The lowest BCUT2D eigenvalue weighted by Gasteiger charge is -2.07. The summed E-state index contributed by atoms with van der Waals surface area (Å²) in [5.41, 5.74) is 1.82. The van der Waals surface area contributed by atoms with Gasteiger partial charge in [0, 0.05) is 17.0 Å². The number of carbonyl (C=O) groups excluding carboxylic acids is 1. The molecule has 20 heavy (non-hydrogen) atoms. The summed E-state index contributed by atoms with van der Waals surface area (Å²) >= 11 is 0. The molecule has 0 unspecified atom stereocenters. The van der Waals surface area contributed by atoms with Crippen molar-refractivity contribution in [1.82, 2.24) is 0 Å². The number of hydrogen-bond donors (Lipinski definition) is 0. The van der Waals surface area contributed by atoms with Gasteiger partial charge in [0.25, 0.3) is 0 Å². The van der Waals surface area contributed by atoms with Gasteiger partial charge in [-0.3, -0.25) is 4.79 Å². The average Bonchev–Trinajstić information content (AvgIpc) is 3.12. The molecule has 4 heteroatoms. The van der Waals surface area contributed by atoms with Crippen molar-refractivity contribution in [3.8, 4) is 0 Å². The Labute approximate surface area is 116 Å². The summed E-state index contributed by atoms with van der Waals surface area (Å²) < 4.78 is 10.5. The van der Waals surface area contributed by atoms with Gasteiger partial charge in [-0.1, -0.05) is 19.1 Å². The molecule has 0 radical (unpaired) electrons. The van der Waals surface area contributed by atoms with E-state index in [1.165, 1.54) is 6.07 Å². The number of rotatable bonds is 3. The first-order chi connectivity index (χ1) is 9.54. The topological polar surface area (TPSA) is 56.5 Å². The van der Waals surface area contributed by atoms with Gasteiger partial charge in [-0.2, -0.15) is 0 Å². The van der Waals surface area contributed by atoms with Gasteiger partial charge >= 0.3 is 11.6 Å². The van der Waals surface area contributed by atoms with Crippen LogP contribution in [0.4, 0.5) is 0 Å². The molecule has 1 fully saturated rings. The van der Waals surface area contributed by atoms with Gasteiger partial charge in [0.05, 0.1) is 5.92 Å². The zero-order valence-corrected chi connectivity index (χ0v) is 11.5. The van der Waals surface area contributed by atoms with E-state index < -0.39 is 5.63 Å². The molecule has 1 aliphatic rings. The summed E-state index contributed by atoms with van der Waals surface area (Å²) in [6, 6.07) is 7.03. The Morgan fingerprint density at radius 3 is 2.85 bits per heavy atom. The van der Waals surface area contributed by atoms with E-state index in [4.69, 9.17) is 9.15 Å². The quantitative estimate of drug-likeness (QED) is 0.637. The van der Waals surface area contributed by atoms with Crippen LogP contribution in [0.25, 0.3) is 11.0 Å². The Kier molecular flexibility index (Phi) is 3.08. The first-order valence-electron chi connectivity index (χ1n) is 6.74. The first-order valence-corrected chi connectivity index (χ1v) is 6.74. The Bertz CT molecular complexity index is 729. The molecular formula is C16H16O4. The third-order valence-electron chi connectivity index (χ3n) is 3.77. The summed E-state index contributed by atoms with van der Waals surface area (Å²) in [7, 11) is 0. The van der Waals surface area contributed by atoms with Gasteiger partial charge in [-0.05, 0) is 30.9 Å². The third kappa shape index (κ3) is 2.46. The van der Waals surface area contributed by atoms with Gasteiger partial charge < -0.3 is 9.15 Å². The largest absolute Gasteiger partial charge is 0.461 e. The fourth-order valence-electron chi connectivity index (χ4n) is 2.36. The second kappa shape index (κ2) is 4.78. The standard InChI is InChI=1S/C16H16O4/c1-9-3-4-12-11(7-15(17)20-14(12)5-9)8-19-16(18)13-6-10(13)2/h3-5,7,10,13H,6,8H2,1-2H3/t10-,13-/m1/s1. The molecule has 3 rings (SSSR count). The van der Waals surface area contributed by atoms with E-state index in [0.717, 1.165) is 17.4 Å². The van der Waals surface area contributed by atoms with Crippen molar-refractivity contribution in [2.45, 2.75) is 26.9 Å². The predicted molar refractivity (Wildman–Crippen MR) is 74.3 cm³/mol. The predicted octanol–water partition coefficient (Wildman–Crippen LogP) is 2.80. The van der Waals surface area contributed by atoms with E-state index in [-0.39, 0.29) is 18.5 Å². The van der Waals surface area contributed by atoms with Crippen molar-refractivity contribution in [3.63, 3.8) is 0 Å². The van der Waals surface area contributed by atoms with E-state index in [9.17, 15) is 9.59 Å². The second-order valence-electron chi connectivity index (χ2n) is 5.52. The van der Waals surface area contributed by atoms with Crippen LogP contribution in [-0.4, -0.2) is 5.97 Å². The Hall–Kier alpha value is -2.10. The van der Waals surface area contributed by atoms with Crippen molar-refractivity contribution >= 4 is 16.9 Å². The van der Waals surface area contributed by atoms with Crippen LogP contribution in [-0.2, 0) is 16.1 Å². The molecular weight excluding hydrogens is 256 g/mol. The second-order valence-corrected chi connectivity index (χ2v) is 5.52. The molecule has 0 amide bonds. The van der Waals surface area contributed by atoms with E-state index >= 15 is 0 Å². The van der Waals surface area contributed by atoms with E-state index in [0.29, 0.717) is 17.1 Å². The maximum absolute atomic E-state index is 11.7. The number of fused-ring (bicyclic) bond motifs is 1. The molecule has 1 saturated carbocycles. The smallest absolute Gasteiger partial charge is 0.336 e. The number of ether oxygens (including phenoxy) is 1. The normalized spacial score (nSPS) is 20.9. The Morgan fingerprint density at radius 2 is 2.15 bits per heavy atom. The highest BCUT2D eigenvalue weighted by Gasteiger charge is 2.40. The van der Waals surface area contributed by atoms with Crippen LogP contribution in [0.1, 0.15) is 24.5 Å². The zero-order valence-electron chi connectivity index (χ0n) is 11.5. The molecule has 1 aromatic heterocycles. The number of carbonyl (C=O) groups is 1. The van der Waals surface area contributed by atoms with Gasteiger partial charge in [-0.25, -0.2) is 4.79 Å². The molecule has 2 aromatic rings. The Morgan fingerprint density at radius 1 is 1.40 bits per heavy atom. The van der Waals surface area contributed by atoms with Crippen molar-refractivity contribution in [2.75, 3.05) is 0 Å². The fourth-order valence-corrected chi connectivity index (χ4v) is 2.36. The molecule has 2 atom stereocenters. The van der Waals surface area contributed by atoms with Crippen molar-refractivity contribution in [2.24, 2.45) is 11.8 Å². The van der Waals surface area contributed by atoms with Gasteiger partial charge in [0.2, 0.25) is 0 Å². The number of benzene rings is 1. The summed E-state index contributed by atoms with van der Waals surface area (Å²) in [5.74, 6) is 0.275. The summed E-state index contributed by atoms with van der Waals surface area (Å²) in [6.07, 6.45) is 0.899. The molecule has 0 saturated heterocycles. The van der Waals surface area contributed by atoms with Crippen LogP contribution in [0.2, 0.25) is 0 Å². The van der Waals surface area contributed by atoms with Gasteiger partial charge in [-0.15, -0.1) is 0 Å². The summed E-state index contributed by atoms with van der Waals surface area (Å²) in [5, 5.41) is 0.812. The van der Waals surface area contributed by atoms with Crippen LogP contribution in [0.3, 0.4) is 0 Å². The fraction of sp³-hybridized carbons (Fsp3) is 0.375. The van der Waals surface area contributed by atoms with Crippen LogP contribution in [0, 0.1) is 18.8 Å². The van der Waals surface area contributed by atoms with Crippen molar-refractivity contribution in [1.29, 1.82) is 0 Å². The molecule has 1 aliphatic carbocycles. The highest BCUT2D eigenvalue weighted by Crippen LogP contribution is 2.38. The Balaban J connectivity index is 1.87. The third-order valence-corrected chi connectivity index (χ3v) is 3.77. The molecule has 0 aliphatic heterocycles. The highest BCUT2D eigenvalue weighted by atomic mass is 16.5. The van der Waals surface area contributed by atoms with Gasteiger partial charge in [0.15, 0.2) is 0 Å². The average molecular weight is 272 g/mol. The van der Waals surface area contributed by atoms with Crippen molar-refractivity contribution in [3.05, 3.63) is 45.8 Å². The van der Waals surface area contributed by atoms with Crippen LogP contribution in [0.5, 0.6) is 0 Å². The lowest BCUT2D eigenvalue weighted by atomic mass is 10.1. The lowest BCUT2D eigenvalue weighted by molar-refractivity contribution is -0.146. The lowest BCUT2D eigenvalue weighted by Crippen LogP contribution is -2.09. The summed E-state index contributed by atoms with van der Waals surface area (Å²) in [4.78, 5) is 23.3. The number of hydrogen-bond acceptors (Lipinski definition) is 4. The minimum absolute atomic E-state index is 0.0311. The maximum atomic E-state index is 11.7. The minimum atomic E-state index is -0.422. The molecule has 0 N–H and O–H groups in total. The molecule has 1 aromatic carbocycles. The number of aryl methyl sites for hydroxylation is 1. The molecule has 1 heterocycles. The van der Waals surface area contributed by atoms with Gasteiger partial charge in [0.1, 0.15) is 12.2 Å². The summed E-state index contributed by atoms with van der Waals surface area (Å²) in [6.45, 7) is 4.08. The zero-order chi connectivity index (χ0) is 14.3. The first kappa shape index (κ1) is 12.9. The SMILES string of the molecule is Cc1ccc2c(COC(=O)[C@@H]3C[C@H]3C)cc(=O)oc2c1. The minimum Gasteiger partial charge on any atom is -0.461 e. The van der Waals surface area contributed by atoms with E-state index in [1.54, 1.807) is 0 Å². The highest BCUT2D eigenvalue weighted by molar-refractivity contribution is 5.81. The maximum Gasteiger partial charge on any atom is 0.336 e. The van der Waals surface area contributed by atoms with Crippen molar-refractivity contribution < 1.29 is 13.9 Å². The van der Waals surface area contributed by atoms with E-state index in [1.807, 2.05) is 32.0 Å². The molecule has 0 spiro atoms. The molecule has 0 bridgehead atoms. The van der Waals surface area contributed by atoms with Crippen LogP contribution >= 0.6 is 0 Å². The van der Waals surface area contributed by atoms with E-state index in [2.05, 4.69) is 0 Å². The molecule has 4 nitrogen and oxygen atoms in total. The van der Waals surface area contributed by atoms with Crippen LogP contribution in [0.15, 0.2) is 33.5 Å². The molecule has 104 valence electrons. The number of esters is 1. The monoisotopic (exact) mass is 272 g/mol.